The molecule has 186 valence electrons. The Labute approximate surface area is 217 Å². The zero-order valence-corrected chi connectivity index (χ0v) is 21.8. The molecule has 3 aromatic carbocycles. The lowest BCUT2D eigenvalue weighted by atomic mass is 9.93. The van der Waals surface area contributed by atoms with Crippen molar-refractivity contribution in [1.29, 1.82) is 0 Å². The Morgan fingerprint density at radius 1 is 0.944 bits per heavy atom. The van der Waals surface area contributed by atoms with Gasteiger partial charge in [0.05, 0.1) is 11.5 Å². The van der Waals surface area contributed by atoms with Crippen LogP contribution in [0.25, 0.3) is 0 Å². The molecule has 0 aliphatic rings. The van der Waals surface area contributed by atoms with Gasteiger partial charge in [0.1, 0.15) is 20.2 Å². The molecule has 2 radical (unpaired) electrons. The van der Waals surface area contributed by atoms with E-state index in [1.165, 1.54) is 18.2 Å². The molecule has 0 atom stereocenters. The van der Waals surface area contributed by atoms with Gasteiger partial charge in [-0.2, -0.15) is 0 Å². The number of hydrogen-bond acceptors (Lipinski definition) is 6. The number of sulfonamides is 1. The van der Waals surface area contributed by atoms with Gasteiger partial charge in [0.2, 0.25) is 0 Å². The van der Waals surface area contributed by atoms with Gasteiger partial charge in [-0.3, -0.25) is 14.8 Å². The maximum Gasteiger partial charge on any atom is 0.261 e. The molecule has 0 heterocycles. The van der Waals surface area contributed by atoms with Crippen LogP contribution in [0.4, 0.5) is 11.4 Å². The van der Waals surface area contributed by atoms with Gasteiger partial charge in [0.25, 0.3) is 15.9 Å². The monoisotopic (exact) mass is 523 g/mol. The van der Waals surface area contributed by atoms with Gasteiger partial charge in [-0.1, -0.05) is 17.6 Å². The molecule has 3 rings (SSSR count). The number of amides is 1. The first-order chi connectivity index (χ1) is 17.1. The number of benzene rings is 3. The second-order valence-corrected chi connectivity index (χ2v) is 10.0. The van der Waals surface area contributed by atoms with Crippen molar-refractivity contribution in [1.82, 2.24) is 5.32 Å². The summed E-state index contributed by atoms with van der Waals surface area (Å²) >= 11 is 5.21. The molecule has 11 heteroatoms. The normalized spacial score (nSPS) is 11.0. The summed E-state index contributed by atoms with van der Waals surface area (Å²) in [5.74, 6) is -0.00854. The molecule has 0 aliphatic carbocycles. The number of carbonyl (C=O) groups is 1. The van der Waals surface area contributed by atoms with E-state index in [1.54, 1.807) is 43.5 Å². The highest BCUT2D eigenvalue weighted by atomic mass is 32.2. The fraction of sp³-hybridized carbons (Fsp3) is 0.200. The number of hydrogen-bond donors (Lipinski definition) is 3. The van der Waals surface area contributed by atoms with E-state index in [0.29, 0.717) is 41.4 Å². The minimum Gasteiger partial charge on any atom is -0.492 e. The molecule has 36 heavy (non-hydrogen) atoms. The molecule has 0 fully saturated rings. The fourth-order valence-electron chi connectivity index (χ4n) is 3.13. The number of carbonyl (C=O) groups excluding carboxylic acids is 1. The lowest BCUT2D eigenvalue weighted by Gasteiger charge is -2.13. The van der Waals surface area contributed by atoms with E-state index in [1.807, 2.05) is 19.9 Å². The van der Waals surface area contributed by atoms with Crippen molar-refractivity contribution in [2.24, 2.45) is 0 Å². The van der Waals surface area contributed by atoms with E-state index in [4.69, 9.17) is 29.5 Å². The molecular weight excluding hydrogens is 497 g/mol. The van der Waals surface area contributed by atoms with Crippen LogP contribution in [0, 0.1) is 13.8 Å². The van der Waals surface area contributed by atoms with E-state index < -0.39 is 15.9 Å². The highest BCUT2D eigenvalue weighted by molar-refractivity contribution is 7.92. The molecule has 8 nitrogen and oxygen atoms in total. The van der Waals surface area contributed by atoms with Gasteiger partial charge in [-0.25, -0.2) is 8.42 Å². The van der Waals surface area contributed by atoms with Crippen LogP contribution in [0.2, 0.25) is 0 Å². The first-order valence-electron chi connectivity index (χ1n) is 10.9. The summed E-state index contributed by atoms with van der Waals surface area (Å²) in [7, 11) is 3.76. The van der Waals surface area contributed by atoms with E-state index in [2.05, 4.69) is 15.4 Å². The fourth-order valence-corrected chi connectivity index (χ4v) is 4.39. The number of aryl methyl sites for hydroxylation is 2. The van der Waals surface area contributed by atoms with Gasteiger partial charge < -0.3 is 14.8 Å². The SMILES string of the molecule is [B]c1cc(C(=O)NC(=S)Nc2ccc(S(=O)(=O)Nc3ccc(C)c(C)c3)cc2)ccc1OCCOC. The second kappa shape index (κ2) is 12.0. The number of thiocarbonyl (C=S) groups is 1. The van der Waals surface area contributed by atoms with E-state index in [-0.39, 0.29) is 10.0 Å². The Balaban J connectivity index is 1.59. The third-order valence-electron chi connectivity index (χ3n) is 5.23. The van der Waals surface area contributed by atoms with E-state index in [9.17, 15) is 13.2 Å². The van der Waals surface area contributed by atoms with Crippen LogP contribution >= 0.6 is 12.2 Å². The van der Waals surface area contributed by atoms with Crippen LogP contribution in [0.3, 0.4) is 0 Å². The summed E-state index contributed by atoms with van der Waals surface area (Å²) in [5.41, 5.74) is 3.66. The molecule has 0 saturated heterocycles. The standard InChI is InChI=1S/C25H26BN3O5S2/c1-16-4-6-20(14-17(16)2)29-36(31,32)21-9-7-19(8-10-21)27-25(35)28-24(30)18-5-11-23(22(26)15-18)34-13-12-33-3/h4-11,14-15,29H,12-13H2,1-3H3,(H2,27,28,30,35). The predicted molar refractivity (Wildman–Crippen MR) is 146 cm³/mol. The summed E-state index contributed by atoms with van der Waals surface area (Å²) in [6.45, 7) is 4.62. The molecule has 0 aromatic heterocycles. The first-order valence-corrected chi connectivity index (χ1v) is 12.8. The Bertz CT molecular complexity index is 1360. The maximum absolute atomic E-state index is 12.7. The van der Waals surface area contributed by atoms with Crippen molar-refractivity contribution in [2.75, 3.05) is 30.4 Å². The second-order valence-electron chi connectivity index (χ2n) is 7.93. The smallest absolute Gasteiger partial charge is 0.261 e. The number of rotatable bonds is 9. The van der Waals surface area contributed by atoms with E-state index >= 15 is 0 Å². The van der Waals surface area contributed by atoms with Gasteiger partial charge in [-0.05, 0) is 85.7 Å². The number of methoxy groups -OCH3 is 1. The van der Waals surface area contributed by atoms with Crippen LogP contribution in [-0.4, -0.2) is 47.6 Å². The average Bonchev–Trinajstić information content (AvgIpc) is 2.82. The third kappa shape index (κ3) is 7.30. The largest absolute Gasteiger partial charge is 0.492 e. The lowest BCUT2D eigenvalue weighted by Crippen LogP contribution is -2.34. The van der Waals surface area contributed by atoms with Crippen molar-refractivity contribution in [2.45, 2.75) is 18.7 Å². The molecule has 0 unspecified atom stereocenters. The van der Waals surface area contributed by atoms with Gasteiger partial charge >= 0.3 is 0 Å². The Hall–Kier alpha value is -3.41. The molecule has 0 bridgehead atoms. The summed E-state index contributed by atoms with van der Waals surface area (Å²) in [4.78, 5) is 12.6. The zero-order chi connectivity index (χ0) is 26.3. The lowest BCUT2D eigenvalue weighted by molar-refractivity contribution is 0.0977. The minimum atomic E-state index is -3.77. The molecule has 0 saturated carbocycles. The third-order valence-corrected chi connectivity index (χ3v) is 6.83. The van der Waals surface area contributed by atoms with Crippen molar-refractivity contribution in [3.05, 3.63) is 77.4 Å². The highest BCUT2D eigenvalue weighted by Crippen LogP contribution is 2.20. The average molecular weight is 523 g/mol. The molecule has 3 N–H and O–H groups in total. The molecular formula is C25H26BN3O5S2. The number of anilines is 2. The van der Waals surface area contributed by atoms with Crippen LogP contribution in [0.15, 0.2) is 65.6 Å². The van der Waals surface area contributed by atoms with Gasteiger partial charge in [-0.15, -0.1) is 0 Å². The predicted octanol–water partition coefficient (Wildman–Crippen LogP) is 3.05. The molecule has 0 aliphatic heterocycles. The summed E-state index contributed by atoms with van der Waals surface area (Å²) < 4.78 is 38.4. The van der Waals surface area contributed by atoms with Crippen LogP contribution < -0.4 is 25.6 Å². The maximum atomic E-state index is 12.7. The highest BCUT2D eigenvalue weighted by Gasteiger charge is 2.15. The first kappa shape index (κ1) is 27.2. The topological polar surface area (TPSA) is 106 Å². The Morgan fingerprint density at radius 3 is 2.28 bits per heavy atom. The summed E-state index contributed by atoms with van der Waals surface area (Å²) in [6, 6.07) is 16.0. The van der Waals surface area contributed by atoms with E-state index in [0.717, 1.165) is 11.1 Å². The molecule has 3 aromatic rings. The molecule has 0 spiro atoms. The number of ether oxygens (including phenoxy) is 2. The van der Waals surface area contributed by atoms with Crippen molar-refractivity contribution in [3.8, 4) is 5.75 Å². The quantitative estimate of drug-likeness (QED) is 0.225. The van der Waals surface area contributed by atoms with Crippen molar-refractivity contribution in [3.63, 3.8) is 0 Å². The summed E-state index contributed by atoms with van der Waals surface area (Å²) in [5, 5.41) is 5.47. The van der Waals surface area contributed by atoms with Crippen LogP contribution in [-0.2, 0) is 14.8 Å². The molecule has 1 amide bonds. The van der Waals surface area contributed by atoms with Crippen LogP contribution in [0.5, 0.6) is 5.75 Å². The zero-order valence-electron chi connectivity index (χ0n) is 20.1. The Morgan fingerprint density at radius 2 is 1.64 bits per heavy atom. The van der Waals surface area contributed by atoms with Gasteiger partial charge in [0.15, 0.2) is 5.11 Å². The summed E-state index contributed by atoms with van der Waals surface area (Å²) in [6.07, 6.45) is 0. The Kier molecular flexibility index (Phi) is 9.08. The minimum absolute atomic E-state index is 0.0443. The number of nitrogens with one attached hydrogen (secondary N) is 3. The van der Waals surface area contributed by atoms with Crippen molar-refractivity contribution < 1.29 is 22.7 Å². The van der Waals surface area contributed by atoms with Crippen LogP contribution in [0.1, 0.15) is 21.5 Å². The van der Waals surface area contributed by atoms with Gasteiger partial charge in [0, 0.05) is 24.0 Å². The van der Waals surface area contributed by atoms with Crippen molar-refractivity contribution >= 4 is 57.9 Å².